The van der Waals surface area contributed by atoms with Crippen LogP contribution >= 0.6 is 0 Å². The number of fused-ring (bicyclic) bond motifs is 1. The van der Waals surface area contributed by atoms with E-state index in [1.54, 1.807) is 0 Å². The lowest BCUT2D eigenvalue weighted by Crippen LogP contribution is -2.21. The number of aromatic nitrogens is 2. The average molecular weight is 255 g/mol. The van der Waals surface area contributed by atoms with Crippen LogP contribution in [0.5, 0.6) is 0 Å². The monoisotopic (exact) mass is 255 g/mol. The van der Waals surface area contributed by atoms with Gasteiger partial charge < -0.3 is 10.7 Å². The van der Waals surface area contributed by atoms with Crippen molar-refractivity contribution in [2.45, 2.75) is 25.8 Å². The molecular formula is C14H17N5. The zero-order valence-corrected chi connectivity index (χ0v) is 10.9. The summed E-state index contributed by atoms with van der Waals surface area (Å²) in [6.45, 7) is 1.86. The van der Waals surface area contributed by atoms with Crippen molar-refractivity contribution < 1.29 is 0 Å². The molecule has 0 spiro atoms. The van der Waals surface area contributed by atoms with Crippen molar-refractivity contribution in [3.8, 4) is 0 Å². The van der Waals surface area contributed by atoms with Crippen LogP contribution in [-0.4, -0.2) is 16.0 Å². The number of benzene rings is 1. The molecule has 0 saturated carbocycles. The quantitative estimate of drug-likeness (QED) is 0.574. The molecule has 0 radical (unpaired) electrons. The Hall–Kier alpha value is -2.14. The topological polar surface area (TPSA) is 75.9 Å². The smallest absolute Gasteiger partial charge is 0.145 e. The molecule has 5 heteroatoms. The largest absolute Gasteiger partial charge is 0.366 e. The maximum absolute atomic E-state index is 5.40. The first kappa shape index (κ1) is 11.9. The highest BCUT2D eigenvalue weighted by Crippen LogP contribution is 2.24. The van der Waals surface area contributed by atoms with Crippen LogP contribution in [0.4, 0.5) is 11.6 Å². The Morgan fingerprint density at radius 2 is 1.74 bits per heavy atom. The number of nitrogens with zero attached hydrogens (tertiary/aromatic N) is 2. The second-order valence-electron chi connectivity index (χ2n) is 4.85. The van der Waals surface area contributed by atoms with E-state index in [1.165, 1.54) is 11.1 Å². The number of hydrazine groups is 1. The molecule has 1 aliphatic rings. The fourth-order valence-electron chi connectivity index (χ4n) is 2.59. The van der Waals surface area contributed by atoms with Crippen molar-refractivity contribution in [2.24, 2.45) is 5.84 Å². The molecule has 1 aromatic heterocycles. The van der Waals surface area contributed by atoms with Gasteiger partial charge in [0, 0.05) is 12.1 Å². The van der Waals surface area contributed by atoms with E-state index in [0.29, 0.717) is 17.7 Å². The van der Waals surface area contributed by atoms with Gasteiger partial charge in [0.2, 0.25) is 0 Å². The lowest BCUT2D eigenvalue weighted by atomic mass is 10.1. The predicted octanol–water partition coefficient (Wildman–Crippen LogP) is 1.65. The maximum Gasteiger partial charge on any atom is 0.145 e. The number of hydrogen-bond acceptors (Lipinski definition) is 5. The molecule has 0 atom stereocenters. The van der Waals surface area contributed by atoms with Crippen LogP contribution < -0.4 is 16.6 Å². The average Bonchev–Trinajstić information content (AvgIpc) is 2.80. The molecule has 0 amide bonds. The summed E-state index contributed by atoms with van der Waals surface area (Å²) >= 11 is 0. The first-order valence-corrected chi connectivity index (χ1v) is 6.40. The summed E-state index contributed by atoms with van der Waals surface area (Å²) in [5.74, 6) is 7.55. The van der Waals surface area contributed by atoms with Gasteiger partial charge in [-0.25, -0.2) is 15.8 Å². The lowest BCUT2D eigenvalue weighted by Gasteiger charge is -2.13. The Kier molecular flexibility index (Phi) is 3.05. The van der Waals surface area contributed by atoms with E-state index in [4.69, 9.17) is 5.84 Å². The fourth-order valence-corrected chi connectivity index (χ4v) is 2.59. The number of hydrogen-bond donors (Lipinski definition) is 3. The van der Waals surface area contributed by atoms with Gasteiger partial charge in [0.1, 0.15) is 17.5 Å². The number of nitrogen functional groups attached to an aromatic ring is 1. The summed E-state index contributed by atoms with van der Waals surface area (Å²) in [4.78, 5) is 8.57. The molecule has 98 valence electrons. The third-order valence-electron chi connectivity index (χ3n) is 3.39. The first-order valence-electron chi connectivity index (χ1n) is 6.40. The van der Waals surface area contributed by atoms with Gasteiger partial charge in [0.25, 0.3) is 0 Å². The molecule has 1 heterocycles. The van der Waals surface area contributed by atoms with Gasteiger partial charge in [-0.3, -0.25) is 0 Å². The molecule has 0 bridgehead atoms. The molecule has 4 N–H and O–H groups in total. The van der Waals surface area contributed by atoms with Gasteiger partial charge in [-0.05, 0) is 30.9 Å². The van der Waals surface area contributed by atoms with Crippen LogP contribution in [-0.2, 0) is 12.8 Å². The summed E-state index contributed by atoms with van der Waals surface area (Å²) in [5, 5.41) is 3.46. The second kappa shape index (κ2) is 4.85. The minimum Gasteiger partial charge on any atom is -0.366 e. The van der Waals surface area contributed by atoms with Gasteiger partial charge in [0.15, 0.2) is 0 Å². The summed E-state index contributed by atoms with van der Waals surface area (Å²) in [5.41, 5.74) is 5.40. The van der Waals surface area contributed by atoms with Crippen molar-refractivity contribution in [1.82, 2.24) is 9.97 Å². The third-order valence-corrected chi connectivity index (χ3v) is 3.39. The fraction of sp³-hybridized carbons (Fsp3) is 0.286. The molecule has 0 unspecified atom stereocenters. The van der Waals surface area contributed by atoms with Gasteiger partial charge in [-0.1, -0.05) is 24.3 Å². The van der Waals surface area contributed by atoms with Crippen LogP contribution in [0, 0.1) is 6.92 Å². The van der Waals surface area contributed by atoms with Gasteiger partial charge >= 0.3 is 0 Å². The van der Waals surface area contributed by atoms with Crippen LogP contribution in [0.1, 0.15) is 17.0 Å². The van der Waals surface area contributed by atoms with Crippen molar-refractivity contribution >= 4 is 11.6 Å². The Bertz CT molecular complexity index is 571. The minimum atomic E-state index is 0.386. The molecule has 5 nitrogen and oxygen atoms in total. The second-order valence-corrected chi connectivity index (χ2v) is 4.85. The first-order chi connectivity index (χ1) is 9.24. The molecule has 2 aromatic rings. The summed E-state index contributed by atoms with van der Waals surface area (Å²) in [6.07, 6.45) is 2.06. The van der Waals surface area contributed by atoms with Gasteiger partial charge in [0.05, 0.1) is 0 Å². The Balaban J connectivity index is 1.75. The van der Waals surface area contributed by atoms with E-state index in [-0.39, 0.29) is 0 Å². The molecule has 0 aliphatic heterocycles. The summed E-state index contributed by atoms with van der Waals surface area (Å²) in [7, 11) is 0. The molecule has 0 saturated heterocycles. The molecule has 19 heavy (non-hydrogen) atoms. The number of nitrogens with one attached hydrogen (secondary N) is 2. The van der Waals surface area contributed by atoms with Gasteiger partial charge in [-0.2, -0.15) is 0 Å². The van der Waals surface area contributed by atoms with Crippen LogP contribution in [0.25, 0.3) is 0 Å². The van der Waals surface area contributed by atoms with E-state index in [2.05, 4.69) is 45.0 Å². The van der Waals surface area contributed by atoms with E-state index in [0.717, 1.165) is 18.7 Å². The summed E-state index contributed by atoms with van der Waals surface area (Å²) in [6, 6.07) is 10.8. The lowest BCUT2D eigenvalue weighted by molar-refractivity contribution is 0.766. The highest BCUT2D eigenvalue weighted by Gasteiger charge is 2.21. The molecule has 1 aliphatic carbocycles. The van der Waals surface area contributed by atoms with E-state index in [9.17, 15) is 0 Å². The number of aryl methyl sites for hydroxylation is 1. The van der Waals surface area contributed by atoms with E-state index in [1.807, 2.05) is 13.0 Å². The number of rotatable bonds is 3. The van der Waals surface area contributed by atoms with Crippen molar-refractivity contribution in [3.63, 3.8) is 0 Å². The molecule has 1 aromatic carbocycles. The molecule has 0 fully saturated rings. The molecular weight excluding hydrogens is 238 g/mol. The standard InChI is InChI=1S/C14H17N5/c1-9-16-13(8-14(17-9)19-15)18-12-6-10-4-2-3-5-11(10)7-12/h2-5,8,12H,6-7,15H2,1H3,(H2,16,17,18,19). The van der Waals surface area contributed by atoms with Crippen molar-refractivity contribution in [2.75, 3.05) is 10.7 Å². The van der Waals surface area contributed by atoms with Crippen molar-refractivity contribution in [3.05, 3.63) is 47.3 Å². The van der Waals surface area contributed by atoms with E-state index >= 15 is 0 Å². The zero-order chi connectivity index (χ0) is 13.2. The number of anilines is 2. The Labute approximate surface area is 112 Å². The maximum atomic E-state index is 5.40. The predicted molar refractivity (Wildman–Crippen MR) is 75.8 cm³/mol. The normalized spacial score (nSPS) is 14.2. The highest BCUT2D eigenvalue weighted by molar-refractivity contribution is 5.48. The number of nitrogens with two attached hydrogens (primary N) is 1. The Morgan fingerprint density at radius 3 is 2.37 bits per heavy atom. The third kappa shape index (κ3) is 2.51. The van der Waals surface area contributed by atoms with Crippen molar-refractivity contribution in [1.29, 1.82) is 0 Å². The molecule has 3 rings (SSSR count). The summed E-state index contributed by atoms with van der Waals surface area (Å²) < 4.78 is 0. The Morgan fingerprint density at radius 1 is 1.11 bits per heavy atom. The van der Waals surface area contributed by atoms with Crippen LogP contribution in [0.2, 0.25) is 0 Å². The van der Waals surface area contributed by atoms with Crippen LogP contribution in [0.3, 0.4) is 0 Å². The SMILES string of the molecule is Cc1nc(NN)cc(NC2Cc3ccccc3C2)n1. The van der Waals surface area contributed by atoms with E-state index < -0.39 is 0 Å². The van der Waals surface area contributed by atoms with Gasteiger partial charge in [-0.15, -0.1) is 0 Å². The zero-order valence-electron chi connectivity index (χ0n) is 10.9. The highest BCUT2D eigenvalue weighted by atomic mass is 15.3. The van der Waals surface area contributed by atoms with Crippen LogP contribution in [0.15, 0.2) is 30.3 Å². The minimum absolute atomic E-state index is 0.386.